The van der Waals surface area contributed by atoms with Crippen molar-refractivity contribution in [3.63, 3.8) is 0 Å². The molecule has 1 atom stereocenters. The van der Waals surface area contributed by atoms with Gasteiger partial charge in [0.1, 0.15) is 36.4 Å². The van der Waals surface area contributed by atoms with Gasteiger partial charge in [-0.05, 0) is 69.7 Å². The van der Waals surface area contributed by atoms with Crippen molar-refractivity contribution in [2.45, 2.75) is 44.2 Å². The molecule has 4 N–H and O–H groups in total. The van der Waals surface area contributed by atoms with Gasteiger partial charge in [0.15, 0.2) is 0 Å². The second-order valence-electron chi connectivity index (χ2n) is 8.56. The Morgan fingerprint density at radius 1 is 1.00 bits per heavy atom. The van der Waals surface area contributed by atoms with E-state index in [1.165, 1.54) is 54.0 Å². The number of carbonyl (C=O) groups excluding carboxylic acids is 2. The van der Waals surface area contributed by atoms with E-state index >= 15 is 0 Å². The van der Waals surface area contributed by atoms with Crippen molar-refractivity contribution >= 4 is 22.0 Å². The van der Waals surface area contributed by atoms with E-state index in [4.69, 9.17) is 19.4 Å². The molecule has 0 bridgehead atoms. The van der Waals surface area contributed by atoms with Gasteiger partial charge in [-0.2, -0.15) is 4.72 Å². The highest BCUT2D eigenvalue weighted by Crippen LogP contribution is 2.22. The molecule has 2 aromatic carbocycles. The fourth-order valence-electron chi connectivity index (χ4n) is 2.86. The quantitative estimate of drug-likeness (QED) is 0.149. The van der Waals surface area contributed by atoms with E-state index in [1.807, 2.05) is 0 Å². The van der Waals surface area contributed by atoms with Crippen molar-refractivity contribution in [2.75, 3.05) is 19.8 Å². The standard InChI is InChI=1S/C25H31N3O8S/c1-5-6-16-34-20-11-13-21(14-12-20)37(32,33)28-22(23(29)27-31)18-7-9-19(10-8-18)35-17-15-26-24(30)36-25(2,3)4/h7-14,22,28,31H,15-17H2,1-4H3,(H,26,30)(H,27,29). The SMILES string of the molecule is CC#CCOc1ccc(S(=O)(=O)NC(C(=O)NO)c2ccc(OCCNC(=O)OC(C)(C)C)cc2)cc1. The topological polar surface area (TPSA) is 152 Å². The van der Waals surface area contributed by atoms with Gasteiger partial charge in [0.25, 0.3) is 5.91 Å². The van der Waals surface area contributed by atoms with Crippen molar-refractivity contribution in [3.8, 4) is 23.3 Å². The van der Waals surface area contributed by atoms with Crippen LogP contribution < -0.4 is 25.0 Å². The summed E-state index contributed by atoms with van der Waals surface area (Å²) in [5, 5.41) is 11.7. The molecule has 12 heteroatoms. The van der Waals surface area contributed by atoms with E-state index in [-0.39, 0.29) is 30.2 Å². The number of nitrogens with one attached hydrogen (secondary N) is 3. The first-order valence-corrected chi connectivity index (χ1v) is 12.7. The Morgan fingerprint density at radius 2 is 1.59 bits per heavy atom. The Kier molecular flexibility index (Phi) is 10.7. The van der Waals surface area contributed by atoms with E-state index in [0.717, 1.165) is 0 Å². The lowest BCUT2D eigenvalue weighted by molar-refractivity contribution is -0.131. The predicted octanol–water partition coefficient (Wildman–Crippen LogP) is 2.52. The highest BCUT2D eigenvalue weighted by Gasteiger charge is 2.27. The van der Waals surface area contributed by atoms with Crippen LogP contribution in [0.1, 0.15) is 39.3 Å². The van der Waals surface area contributed by atoms with Gasteiger partial charge in [0, 0.05) is 0 Å². The van der Waals surface area contributed by atoms with E-state index in [9.17, 15) is 18.0 Å². The number of ether oxygens (including phenoxy) is 3. The average Bonchev–Trinajstić information content (AvgIpc) is 2.84. The first-order chi connectivity index (χ1) is 17.4. The van der Waals surface area contributed by atoms with E-state index in [0.29, 0.717) is 11.5 Å². The third kappa shape index (κ3) is 10.0. The van der Waals surface area contributed by atoms with Gasteiger partial charge >= 0.3 is 6.09 Å². The van der Waals surface area contributed by atoms with Gasteiger partial charge in [0.2, 0.25) is 10.0 Å². The summed E-state index contributed by atoms with van der Waals surface area (Å²) >= 11 is 0. The molecule has 2 aromatic rings. The van der Waals surface area contributed by atoms with Gasteiger partial charge in [-0.25, -0.2) is 18.7 Å². The highest BCUT2D eigenvalue weighted by molar-refractivity contribution is 7.89. The molecule has 200 valence electrons. The molecule has 0 saturated heterocycles. The summed E-state index contributed by atoms with van der Waals surface area (Å²) in [6.45, 7) is 7.45. The Bertz CT molecular complexity index is 1210. The van der Waals surface area contributed by atoms with E-state index < -0.39 is 33.7 Å². The lowest BCUT2D eigenvalue weighted by atomic mass is 10.1. The molecular formula is C25H31N3O8S. The summed E-state index contributed by atoms with van der Waals surface area (Å²) in [6, 6.07) is 10.2. The number of rotatable bonds is 11. The molecule has 37 heavy (non-hydrogen) atoms. The zero-order valence-corrected chi connectivity index (χ0v) is 21.8. The van der Waals surface area contributed by atoms with Crippen LogP contribution in [0.15, 0.2) is 53.4 Å². The first-order valence-electron chi connectivity index (χ1n) is 11.2. The molecule has 0 aromatic heterocycles. The molecule has 0 heterocycles. The van der Waals surface area contributed by atoms with E-state index in [1.54, 1.807) is 27.7 Å². The average molecular weight is 534 g/mol. The minimum Gasteiger partial charge on any atom is -0.492 e. The van der Waals surface area contributed by atoms with Crippen LogP contribution in [0.25, 0.3) is 0 Å². The second-order valence-corrected chi connectivity index (χ2v) is 10.3. The van der Waals surface area contributed by atoms with E-state index in [2.05, 4.69) is 21.9 Å². The molecule has 0 fully saturated rings. The maximum Gasteiger partial charge on any atom is 0.407 e. The smallest absolute Gasteiger partial charge is 0.407 e. The normalized spacial score (nSPS) is 11.9. The third-order valence-electron chi connectivity index (χ3n) is 4.52. The number of benzene rings is 2. The van der Waals surface area contributed by atoms with Gasteiger partial charge in [-0.15, -0.1) is 5.92 Å². The molecule has 0 aliphatic heterocycles. The number of hydroxylamine groups is 1. The Labute approximate surface area is 216 Å². The fraction of sp³-hybridized carbons (Fsp3) is 0.360. The molecular weight excluding hydrogens is 502 g/mol. The highest BCUT2D eigenvalue weighted by atomic mass is 32.2. The van der Waals surface area contributed by atoms with Crippen molar-refractivity contribution in [1.82, 2.24) is 15.5 Å². The minimum atomic E-state index is -4.14. The maximum atomic E-state index is 12.9. The van der Waals surface area contributed by atoms with Gasteiger partial charge in [0.05, 0.1) is 11.4 Å². The van der Waals surface area contributed by atoms with Crippen molar-refractivity contribution in [1.29, 1.82) is 0 Å². The molecule has 1 unspecified atom stereocenters. The van der Waals surface area contributed by atoms with Crippen molar-refractivity contribution < 1.29 is 37.4 Å². The number of amides is 2. The molecule has 2 rings (SSSR count). The van der Waals surface area contributed by atoms with Crippen LogP contribution in [0, 0.1) is 11.8 Å². The Hall–Kier alpha value is -3.79. The van der Waals surface area contributed by atoms with Crippen molar-refractivity contribution in [3.05, 3.63) is 54.1 Å². The fourth-order valence-corrected chi connectivity index (χ4v) is 4.04. The van der Waals surface area contributed by atoms with Crippen LogP contribution in [-0.4, -0.2) is 51.0 Å². The van der Waals surface area contributed by atoms with Gasteiger partial charge < -0.3 is 19.5 Å². The molecule has 0 saturated carbocycles. The summed E-state index contributed by atoms with van der Waals surface area (Å²) in [5.41, 5.74) is 1.12. The summed E-state index contributed by atoms with van der Waals surface area (Å²) in [6.07, 6.45) is -0.565. The molecule has 0 aliphatic rings. The zero-order valence-electron chi connectivity index (χ0n) is 21.0. The Morgan fingerprint density at radius 3 is 2.16 bits per heavy atom. The molecule has 11 nitrogen and oxygen atoms in total. The second kappa shape index (κ2) is 13.5. The van der Waals surface area contributed by atoms with Gasteiger partial charge in [-0.3, -0.25) is 10.0 Å². The minimum absolute atomic E-state index is 0.102. The lowest BCUT2D eigenvalue weighted by Crippen LogP contribution is -2.39. The van der Waals surface area contributed by atoms with Crippen LogP contribution in [0.4, 0.5) is 4.79 Å². The van der Waals surface area contributed by atoms with Crippen molar-refractivity contribution in [2.24, 2.45) is 0 Å². The Balaban J connectivity index is 2.02. The zero-order chi connectivity index (χ0) is 27.5. The maximum absolute atomic E-state index is 12.9. The number of alkyl carbamates (subject to hydrolysis) is 1. The van der Waals surface area contributed by atoms with Crippen LogP contribution in [-0.2, 0) is 19.6 Å². The number of carbonyl (C=O) groups is 2. The summed E-state index contributed by atoms with van der Waals surface area (Å²) < 4.78 is 44.1. The molecule has 0 spiro atoms. The number of sulfonamides is 1. The molecule has 0 radical (unpaired) electrons. The van der Waals surface area contributed by atoms with Crippen LogP contribution in [0.3, 0.4) is 0 Å². The largest absolute Gasteiger partial charge is 0.492 e. The predicted molar refractivity (Wildman–Crippen MR) is 135 cm³/mol. The third-order valence-corrected chi connectivity index (χ3v) is 5.96. The molecule has 2 amide bonds. The van der Waals surface area contributed by atoms with Crippen LogP contribution in [0.2, 0.25) is 0 Å². The van der Waals surface area contributed by atoms with Crippen LogP contribution >= 0.6 is 0 Å². The van der Waals surface area contributed by atoms with Gasteiger partial charge in [-0.1, -0.05) is 18.1 Å². The molecule has 0 aliphatic carbocycles. The summed E-state index contributed by atoms with van der Waals surface area (Å²) in [7, 11) is -4.14. The number of hydrogen-bond acceptors (Lipinski definition) is 8. The number of hydrogen-bond donors (Lipinski definition) is 4. The summed E-state index contributed by atoms with van der Waals surface area (Å²) in [5.74, 6) is 5.30. The monoisotopic (exact) mass is 533 g/mol. The first kappa shape index (κ1) is 29.4. The lowest BCUT2D eigenvalue weighted by Gasteiger charge is -2.19. The van der Waals surface area contributed by atoms with Crippen LogP contribution in [0.5, 0.6) is 11.5 Å². The summed E-state index contributed by atoms with van der Waals surface area (Å²) in [4.78, 5) is 23.8.